The molecular weight excluding hydrogens is 370 g/mol. The standard InChI is InChI=1S/C19H21NO6S/c1-24-16-10-14(11-19(21)26-3)18(12-17(16)25-2)27(22,23)20-9-8-13-6-4-5-7-15(13)20/h4-7,10,12H,8-9,11H2,1-3H3. The summed E-state index contributed by atoms with van der Waals surface area (Å²) in [5.74, 6) is 0.0786. The fraction of sp³-hybridized carbons (Fsp3) is 0.316. The van der Waals surface area contributed by atoms with E-state index in [2.05, 4.69) is 0 Å². The van der Waals surface area contributed by atoms with Crippen molar-refractivity contribution in [2.75, 3.05) is 32.2 Å². The Morgan fingerprint density at radius 1 is 1.07 bits per heavy atom. The Labute approximate surface area is 158 Å². The summed E-state index contributed by atoms with van der Waals surface area (Å²) in [5.41, 5.74) is 1.91. The highest BCUT2D eigenvalue weighted by molar-refractivity contribution is 7.93. The van der Waals surface area contributed by atoms with Gasteiger partial charge in [-0.15, -0.1) is 0 Å². The molecule has 0 radical (unpaired) electrons. The first-order valence-electron chi connectivity index (χ1n) is 8.34. The molecule has 1 aliphatic heterocycles. The molecule has 0 amide bonds. The van der Waals surface area contributed by atoms with Gasteiger partial charge >= 0.3 is 5.97 Å². The first kappa shape index (κ1) is 19.0. The minimum absolute atomic E-state index is 0.00209. The number of carbonyl (C=O) groups is 1. The molecule has 1 heterocycles. The van der Waals surface area contributed by atoms with Crippen LogP contribution in [0.4, 0.5) is 5.69 Å². The van der Waals surface area contributed by atoms with Gasteiger partial charge in [0.1, 0.15) is 0 Å². The summed E-state index contributed by atoms with van der Waals surface area (Å²) in [5, 5.41) is 0. The number of benzene rings is 2. The van der Waals surface area contributed by atoms with Crippen LogP contribution in [0.5, 0.6) is 11.5 Å². The van der Waals surface area contributed by atoms with Gasteiger partial charge in [0.15, 0.2) is 11.5 Å². The number of sulfonamides is 1. The van der Waals surface area contributed by atoms with Gasteiger partial charge in [-0.2, -0.15) is 0 Å². The molecule has 8 heteroatoms. The average molecular weight is 391 g/mol. The summed E-state index contributed by atoms with van der Waals surface area (Å²) in [4.78, 5) is 11.8. The Kier molecular flexibility index (Phi) is 5.27. The molecule has 0 saturated heterocycles. The van der Waals surface area contributed by atoms with Crippen LogP contribution in [-0.4, -0.2) is 42.3 Å². The number of carbonyl (C=O) groups excluding carboxylic acids is 1. The third-order valence-corrected chi connectivity index (χ3v) is 6.44. The van der Waals surface area contributed by atoms with Crippen LogP contribution in [0.25, 0.3) is 0 Å². The van der Waals surface area contributed by atoms with Crippen molar-refractivity contribution in [3.63, 3.8) is 0 Å². The van der Waals surface area contributed by atoms with Gasteiger partial charge in [0.05, 0.1) is 38.3 Å². The highest BCUT2D eigenvalue weighted by Gasteiger charge is 2.33. The van der Waals surface area contributed by atoms with E-state index in [1.807, 2.05) is 12.1 Å². The number of ether oxygens (including phenoxy) is 3. The average Bonchev–Trinajstić information content (AvgIpc) is 3.12. The summed E-state index contributed by atoms with van der Waals surface area (Å²) in [7, 11) is 0.233. The highest BCUT2D eigenvalue weighted by Crippen LogP contribution is 2.38. The summed E-state index contributed by atoms with van der Waals surface area (Å²) in [6.45, 7) is 0.341. The van der Waals surface area contributed by atoms with E-state index >= 15 is 0 Å². The van der Waals surface area contributed by atoms with Gasteiger partial charge in [-0.25, -0.2) is 8.42 Å². The molecule has 0 unspecified atom stereocenters. The molecule has 27 heavy (non-hydrogen) atoms. The van der Waals surface area contributed by atoms with Crippen LogP contribution in [0.2, 0.25) is 0 Å². The van der Waals surface area contributed by atoms with Gasteiger partial charge in [-0.05, 0) is 29.7 Å². The Hall–Kier alpha value is -2.74. The molecule has 0 bridgehead atoms. The van der Waals surface area contributed by atoms with E-state index in [0.717, 1.165) is 5.56 Å². The lowest BCUT2D eigenvalue weighted by molar-refractivity contribution is -0.139. The highest BCUT2D eigenvalue weighted by atomic mass is 32.2. The van der Waals surface area contributed by atoms with Gasteiger partial charge in [0.2, 0.25) is 0 Å². The lowest BCUT2D eigenvalue weighted by atomic mass is 10.1. The van der Waals surface area contributed by atoms with Gasteiger partial charge < -0.3 is 14.2 Å². The number of anilines is 1. The topological polar surface area (TPSA) is 82.1 Å². The molecule has 0 spiro atoms. The van der Waals surface area contributed by atoms with Crippen LogP contribution >= 0.6 is 0 Å². The van der Waals surface area contributed by atoms with Crippen molar-refractivity contribution in [3.05, 3.63) is 47.5 Å². The third kappa shape index (κ3) is 3.44. The molecule has 2 aromatic rings. The minimum atomic E-state index is -3.90. The van der Waals surface area contributed by atoms with E-state index in [4.69, 9.17) is 14.2 Å². The van der Waals surface area contributed by atoms with Crippen molar-refractivity contribution in [3.8, 4) is 11.5 Å². The molecule has 0 atom stereocenters. The van der Waals surface area contributed by atoms with Crippen molar-refractivity contribution in [1.29, 1.82) is 0 Å². The van der Waals surface area contributed by atoms with Crippen molar-refractivity contribution in [1.82, 2.24) is 0 Å². The summed E-state index contributed by atoms with van der Waals surface area (Å²) < 4.78 is 43.5. The molecule has 144 valence electrons. The van der Waals surface area contributed by atoms with E-state index in [1.165, 1.54) is 37.8 Å². The third-order valence-electron chi connectivity index (χ3n) is 4.54. The van der Waals surface area contributed by atoms with Gasteiger partial charge in [-0.1, -0.05) is 18.2 Å². The molecular formula is C19H21NO6S. The molecule has 2 aromatic carbocycles. The molecule has 7 nitrogen and oxygen atoms in total. The Morgan fingerprint density at radius 3 is 2.41 bits per heavy atom. The predicted octanol–water partition coefficient (Wildman–Crippen LogP) is 2.17. The Balaban J connectivity index is 2.15. The van der Waals surface area contributed by atoms with Crippen molar-refractivity contribution in [2.45, 2.75) is 17.7 Å². The monoisotopic (exact) mass is 391 g/mol. The first-order valence-corrected chi connectivity index (χ1v) is 9.78. The SMILES string of the molecule is COC(=O)Cc1cc(OC)c(OC)cc1S(=O)(=O)N1CCc2ccccc21. The number of nitrogens with zero attached hydrogens (tertiary/aromatic N) is 1. The molecule has 0 N–H and O–H groups in total. The predicted molar refractivity (Wildman–Crippen MR) is 99.9 cm³/mol. The Morgan fingerprint density at radius 2 is 1.74 bits per heavy atom. The fourth-order valence-corrected chi connectivity index (χ4v) is 4.91. The minimum Gasteiger partial charge on any atom is -0.493 e. The maximum absolute atomic E-state index is 13.4. The number of rotatable bonds is 6. The molecule has 0 fully saturated rings. The van der Waals surface area contributed by atoms with Crippen LogP contribution in [0.15, 0.2) is 41.3 Å². The van der Waals surface area contributed by atoms with Crippen LogP contribution in [0.1, 0.15) is 11.1 Å². The van der Waals surface area contributed by atoms with Crippen LogP contribution in [-0.2, 0) is 32.4 Å². The lowest BCUT2D eigenvalue weighted by Crippen LogP contribution is -2.30. The van der Waals surface area contributed by atoms with Crippen molar-refractivity contribution >= 4 is 21.7 Å². The van der Waals surface area contributed by atoms with Gasteiger partial charge in [0, 0.05) is 12.6 Å². The smallest absolute Gasteiger partial charge is 0.310 e. The second-order valence-electron chi connectivity index (χ2n) is 6.02. The first-order chi connectivity index (χ1) is 12.9. The maximum atomic E-state index is 13.4. The summed E-state index contributed by atoms with van der Waals surface area (Å²) >= 11 is 0. The molecule has 3 rings (SSSR count). The maximum Gasteiger partial charge on any atom is 0.310 e. The van der Waals surface area contributed by atoms with Gasteiger partial charge in [0.25, 0.3) is 10.0 Å². The van der Waals surface area contributed by atoms with Crippen LogP contribution < -0.4 is 13.8 Å². The number of hydrogen-bond acceptors (Lipinski definition) is 6. The van der Waals surface area contributed by atoms with Crippen molar-refractivity contribution in [2.24, 2.45) is 0 Å². The largest absolute Gasteiger partial charge is 0.493 e. The second kappa shape index (κ2) is 7.48. The molecule has 0 aromatic heterocycles. The number of fused-ring (bicyclic) bond motifs is 1. The normalized spacial score (nSPS) is 13.2. The van der Waals surface area contributed by atoms with Crippen molar-refractivity contribution < 1.29 is 27.4 Å². The van der Waals surface area contributed by atoms with Crippen LogP contribution in [0.3, 0.4) is 0 Å². The number of para-hydroxylation sites is 1. The molecule has 0 saturated carbocycles. The van der Waals surface area contributed by atoms with Gasteiger partial charge in [-0.3, -0.25) is 9.10 Å². The second-order valence-corrected chi connectivity index (χ2v) is 7.85. The summed E-state index contributed by atoms with van der Waals surface area (Å²) in [6.07, 6.45) is 0.440. The van der Waals surface area contributed by atoms with E-state index in [9.17, 15) is 13.2 Å². The summed E-state index contributed by atoms with van der Waals surface area (Å²) in [6, 6.07) is 10.3. The van der Waals surface area contributed by atoms with E-state index < -0.39 is 16.0 Å². The zero-order chi connectivity index (χ0) is 19.6. The Bertz CT molecular complexity index is 970. The number of hydrogen-bond donors (Lipinski definition) is 0. The van der Waals surface area contributed by atoms with E-state index in [0.29, 0.717) is 30.0 Å². The number of esters is 1. The number of methoxy groups -OCH3 is 3. The van der Waals surface area contributed by atoms with E-state index in [1.54, 1.807) is 12.1 Å². The molecule has 1 aliphatic rings. The van der Waals surface area contributed by atoms with E-state index in [-0.39, 0.29) is 17.1 Å². The van der Waals surface area contributed by atoms with Crippen LogP contribution in [0, 0.1) is 0 Å². The zero-order valence-corrected chi connectivity index (χ0v) is 16.2. The quantitative estimate of drug-likeness (QED) is 0.702. The molecule has 0 aliphatic carbocycles. The zero-order valence-electron chi connectivity index (χ0n) is 15.4. The lowest BCUT2D eigenvalue weighted by Gasteiger charge is -2.22. The fourth-order valence-electron chi connectivity index (χ4n) is 3.18.